The van der Waals surface area contributed by atoms with E-state index in [-0.39, 0.29) is 22.6 Å². The molecule has 4 aromatic rings. The van der Waals surface area contributed by atoms with Crippen LogP contribution in [-0.2, 0) is 12.8 Å². The molecule has 11 heteroatoms. The zero-order valence-electron chi connectivity index (χ0n) is 25.0. The molecule has 45 heavy (non-hydrogen) atoms. The molecule has 1 aliphatic rings. The summed E-state index contributed by atoms with van der Waals surface area (Å²) in [6.07, 6.45) is 4.43. The van der Waals surface area contributed by atoms with Gasteiger partial charge in [-0.15, -0.1) is 0 Å². The van der Waals surface area contributed by atoms with E-state index in [1.807, 2.05) is 41.3 Å². The Morgan fingerprint density at radius 2 is 1.47 bits per heavy atom. The second-order valence-corrected chi connectivity index (χ2v) is 11.2. The Kier molecular flexibility index (Phi) is 9.84. The molecule has 1 fully saturated rings. The number of urea groups is 1. The van der Waals surface area contributed by atoms with Crippen LogP contribution in [-0.4, -0.2) is 64.6 Å². The first-order chi connectivity index (χ1) is 21.7. The van der Waals surface area contributed by atoms with E-state index in [1.54, 1.807) is 36.5 Å². The van der Waals surface area contributed by atoms with Crippen molar-refractivity contribution in [2.24, 2.45) is 0 Å². The topological polar surface area (TPSA) is 125 Å². The van der Waals surface area contributed by atoms with Crippen molar-refractivity contribution >= 4 is 52.2 Å². The summed E-state index contributed by atoms with van der Waals surface area (Å²) in [6, 6.07) is 19.2. The van der Waals surface area contributed by atoms with Gasteiger partial charge in [-0.3, -0.25) is 19.4 Å². The zero-order chi connectivity index (χ0) is 31.9. The summed E-state index contributed by atoms with van der Waals surface area (Å²) in [4.78, 5) is 62.6. The number of anilines is 3. The summed E-state index contributed by atoms with van der Waals surface area (Å²) in [5, 5.41) is 5.80. The zero-order valence-corrected chi connectivity index (χ0v) is 25.8. The van der Waals surface area contributed by atoms with Gasteiger partial charge in [0.25, 0.3) is 5.91 Å². The fourth-order valence-electron chi connectivity index (χ4n) is 5.40. The summed E-state index contributed by atoms with van der Waals surface area (Å²) < 4.78 is 0. The minimum atomic E-state index is -0.412. The lowest BCUT2D eigenvalue weighted by molar-refractivity contribution is 0.0746. The molecular weight excluding hydrogens is 592 g/mol. The fourth-order valence-corrected chi connectivity index (χ4v) is 5.57. The third-order valence-electron chi connectivity index (χ3n) is 7.58. The summed E-state index contributed by atoms with van der Waals surface area (Å²) in [5.41, 5.74) is 5.13. The number of nitrogens with one attached hydrogen (secondary N) is 2. The van der Waals surface area contributed by atoms with Gasteiger partial charge >= 0.3 is 6.03 Å². The van der Waals surface area contributed by atoms with Gasteiger partial charge in [0.15, 0.2) is 11.6 Å². The molecule has 230 valence electrons. The highest BCUT2D eigenvalue weighted by atomic mass is 35.5. The van der Waals surface area contributed by atoms with E-state index >= 15 is 0 Å². The number of amides is 3. The highest BCUT2D eigenvalue weighted by Gasteiger charge is 2.26. The summed E-state index contributed by atoms with van der Waals surface area (Å²) in [6.45, 7) is 5.04. The Hall–Kier alpha value is -5.09. The highest BCUT2D eigenvalue weighted by molar-refractivity contribution is 6.29. The summed E-state index contributed by atoms with van der Waals surface area (Å²) >= 11 is 5.88. The molecule has 5 rings (SSSR count). The minimum Gasteiger partial charge on any atom is -0.367 e. The van der Waals surface area contributed by atoms with E-state index in [9.17, 15) is 19.2 Å². The number of hydrogen-bond donors (Lipinski definition) is 2. The Balaban J connectivity index is 1.17. The van der Waals surface area contributed by atoms with Crippen LogP contribution in [0.4, 0.5) is 21.9 Å². The number of pyridine rings is 2. The van der Waals surface area contributed by atoms with Gasteiger partial charge in [0.1, 0.15) is 5.15 Å². The Morgan fingerprint density at radius 3 is 2.16 bits per heavy atom. The highest BCUT2D eigenvalue weighted by Crippen LogP contribution is 2.27. The molecule has 0 spiro atoms. The second kappa shape index (κ2) is 14.1. The molecule has 2 N–H and O–H groups in total. The van der Waals surface area contributed by atoms with Crippen molar-refractivity contribution in [3.63, 3.8) is 0 Å². The van der Waals surface area contributed by atoms with Crippen LogP contribution in [0.5, 0.6) is 0 Å². The van der Waals surface area contributed by atoms with Crippen LogP contribution < -0.4 is 15.5 Å². The molecule has 0 unspecified atom stereocenters. The number of rotatable bonds is 9. The number of nitrogens with zero attached hydrogens (tertiary/aromatic N) is 4. The molecule has 0 saturated carbocycles. The fraction of sp³-hybridized carbons (Fsp3) is 0.235. The normalized spacial score (nSPS) is 12.9. The molecule has 0 atom stereocenters. The van der Waals surface area contributed by atoms with Gasteiger partial charge in [0.2, 0.25) is 0 Å². The van der Waals surface area contributed by atoms with Crippen LogP contribution in [0.2, 0.25) is 5.15 Å². The molecular formula is C34H33ClN6O4. The maximum absolute atomic E-state index is 13.4. The Bertz CT molecular complexity index is 1750. The van der Waals surface area contributed by atoms with Gasteiger partial charge in [-0.2, -0.15) is 0 Å². The van der Waals surface area contributed by atoms with Crippen LogP contribution in [0.1, 0.15) is 56.2 Å². The van der Waals surface area contributed by atoms with Crippen molar-refractivity contribution in [3.05, 3.63) is 112 Å². The lowest BCUT2D eigenvalue weighted by atomic mass is 9.98. The maximum Gasteiger partial charge on any atom is 0.323 e. The van der Waals surface area contributed by atoms with Gasteiger partial charge in [0.05, 0.1) is 5.56 Å². The van der Waals surface area contributed by atoms with Gasteiger partial charge in [-0.25, -0.2) is 9.78 Å². The number of ketones is 2. The van der Waals surface area contributed by atoms with E-state index in [0.717, 1.165) is 16.9 Å². The number of carbonyl (C=O) groups excluding carboxylic acids is 4. The van der Waals surface area contributed by atoms with Crippen molar-refractivity contribution in [1.29, 1.82) is 0 Å². The smallest absolute Gasteiger partial charge is 0.323 e. The molecule has 1 aliphatic heterocycles. The van der Waals surface area contributed by atoms with Crippen LogP contribution >= 0.6 is 11.6 Å². The lowest BCUT2D eigenvalue weighted by Gasteiger charge is -2.37. The van der Waals surface area contributed by atoms with Crippen LogP contribution in [0.15, 0.2) is 79.1 Å². The number of piperazine rings is 1. The second-order valence-electron chi connectivity index (χ2n) is 10.8. The molecule has 3 heterocycles. The lowest BCUT2D eigenvalue weighted by Crippen LogP contribution is -2.49. The SMILES string of the molecule is CC(=O)c1cccc(N2CCN(C(=O)c3cccc(CCc4cc(NC(=O)Nc5ccnc(Cl)c5)ccn4)c3)CC2)c1C(C)=O. The average Bonchev–Trinajstić information content (AvgIpc) is 3.03. The van der Waals surface area contributed by atoms with E-state index in [0.29, 0.717) is 67.1 Å². The third-order valence-corrected chi connectivity index (χ3v) is 7.79. The molecule has 1 saturated heterocycles. The summed E-state index contributed by atoms with van der Waals surface area (Å²) in [5.74, 6) is -0.348. The number of benzene rings is 2. The van der Waals surface area contributed by atoms with Gasteiger partial charge in [0, 0.05) is 72.5 Å². The number of aryl methyl sites for hydroxylation is 2. The molecule has 10 nitrogen and oxygen atoms in total. The number of halogens is 1. The minimum absolute atomic E-state index is 0.0494. The number of Topliss-reactive ketones (excluding diaryl/α,β-unsaturated/α-hetero) is 2. The number of hydrogen-bond acceptors (Lipinski definition) is 7. The van der Waals surface area contributed by atoms with Gasteiger partial charge in [-0.1, -0.05) is 35.9 Å². The molecule has 3 amide bonds. The van der Waals surface area contributed by atoms with Crippen LogP contribution in [0, 0.1) is 0 Å². The van der Waals surface area contributed by atoms with Crippen molar-refractivity contribution in [1.82, 2.24) is 14.9 Å². The van der Waals surface area contributed by atoms with Crippen molar-refractivity contribution < 1.29 is 19.2 Å². The third kappa shape index (κ3) is 7.90. The van der Waals surface area contributed by atoms with Crippen molar-refractivity contribution in [2.45, 2.75) is 26.7 Å². The Morgan fingerprint density at radius 1 is 0.778 bits per heavy atom. The Labute approximate surface area is 266 Å². The van der Waals surface area contributed by atoms with Crippen molar-refractivity contribution in [2.75, 3.05) is 41.7 Å². The predicted molar refractivity (Wildman–Crippen MR) is 175 cm³/mol. The molecule has 0 bridgehead atoms. The number of aromatic nitrogens is 2. The van der Waals surface area contributed by atoms with E-state index < -0.39 is 6.03 Å². The predicted octanol–water partition coefficient (Wildman–Crippen LogP) is 5.93. The van der Waals surface area contributed by atoms with E-state index in [1.165, 1.54) is 20.0 Å². The number of carbonyl (C=O) groups is 4. The molecule has 0 aliphatic carbocycles. The van der Waals surface area contributed by atoms with Gasteiger partial charge in [-0.05, 0) is 74.7 Å². The molecule has 0 radical (unpaired) electrons. The summed E-state index contributed by atoms with van der Waals surface area (Å²) in [7, 11) is 0. The largest absolute Gasteiger partial charge is 0.367 e. The monoisotopic (exact) mass is 624 g/mol. The molecule has 2 aromatic carbocycles. The quantitative estimate of drug-likeness (QED) is 0.175. The van der Waals surface area contributed by atoms with Crippen LogP contribution in [0.3, 0.4) is 0 Å². The maximum atomic E-state index is 13.4. The van der Waals surface area contributed by atoms with Crippen LogP contribution in [0.25, 0.3) is 0 Å². The average molecular weight is 625 g/mol. The van der Waals surface area contributed by atoms with E-state index in [4.69, 9.17) is 11.6 Å². The standard InChI is InChI=1S/C34H33ClN6O4/c1-22(42)29-7-4-8-30(32(29)23(2)43)40-15-17-41(18-16-40)33(44)25-6-3-5-24(19-25)9-10-26-20-27(11-13-36-26)38-34(45)39-28-12-14-37-31(35)21-28/h3-8,11-14,19-21H,9-10,15-18H2,1-2H3,(H2,36,37,38,39,45). The first-order valence-electron chi connectivity index (χ1n) is 14.6. The van der Waals surface area contributed by atoms with Gasteiger partial charge < -0.3 is 20.4 Å². The first-order valence-corrected chi connectivity index (χ1v) is 15.0. The first kappa shape index (κ1) is 31.3. The molecule has 2 aromatic heterocycles. The van der Waals surface area contributed by atoms with Crippen molar-refractivity contribution in [3.8, 4) is 0 Å². The van der Waals surface area contributed by atoms with E-state index in [2.05, 4.69) is 25.5 Å².